The van der Waals surface area contributed by atoms with Gasteiger partial charge in [-0.1, -0.05) is 18.2 Å². The fourth-order valence-electron chi connectivity index (χ4n) is 2.54. The zero-order valence-electron chi connectivity index (χ0n) is 12.5. The van der Waals surface area contributed by atoms with Crippen molar-refractivity contribution in [2.24, 2.45) is 5.92 Å². The summed E-state index contributed by atoms with van der Waals surface area (Å²) in [5.74, 6) is -0.455. The molecular weight excluding hydrogens is 284 g/mol. The number of carboxylic acid groups (broad SMARTS) is 1. The third-order valence-electron chi connectivity index (χ3n) is 3.66. The van der Waals surface area contributed by atoms with Gasteiger partial charge in [0.2, 0.25) is 5.91 Å². The summed E-state index contributed by atoms with van der Waals surface area (Å²) < 4.78 is 5.49. The Labute approximate surface area is 130 Å². The van der Waals surface area contributed by atoms with Crippen LogP contribution in [-0.4, -0.2) is 54.7 Å². The fourth-order valence-corrected chi connectivity index (χ4v) is 2.54. The van der Waals surface area contributed by atoms with Crippen LogP contribution in [0.25, 0.3) is 0 Å². The van der Waals surface area contributed by atoms with Crippen molar-refractivity contribution in [3.8, 4) is 5.75 Å². The number of nitrogens with one attached hydrogen (secondary N) is 1. The number of carboxylic acids is 1. The second kappa shape index (κ2) is 8.38. The molecule has 0 aromatic heterocycles. The summed E-state index contributed by atoms with van der Waals surface area (Å²) in [4.78, 5) is 24.7. The molecule has 120 valence electrons. The first-order valence-electron chi connectivity index (χ1n) is 7.55. The van der Waals surface area contributed by atoms with E-state index in [0.717, 1.165) is 18.7 Å². The first kappa shape index (κ1) is 16.3. The number of hydrogen-bond acceptors (Lipinski definition) is 4. The van der Waals surface area contributed by atoms with Crippen molar-refractivity contribution in [3.05, 3.63) is 30.3 Å². The number of amides is 1. The summed E-state index contributed by atoms with van der Waals surface area (Å²) in [6.45, 7) is 2.31. The van der Waals surface area contributed by atoms with Gasteiger partial charge in [0.1, 0.15) is 12.4 Å². The third-order valence-corrected chi connectivity index (χ3v) is 3.66. The summed E-state index contributed by atoms with van der Waals surface area (Å²) in [6, 6.07) is 9.42. The van der Waals surface area contributed by atoms with Gasteiger partial charge in [0.25, 0.3) is 0 Å². The van der Waals surface area contributed by atoms with E-state index in [-0.39, 0.29) is 18.4 Å². The zero-order valence-corrected chi connectivity index (χ0v) is 12.5. The van der Waals surface area contributed by atoms with Crippen molar-refractivity contribution in [3.63, 3.8) is 0 Å². The second-order valence-electron chi connectivity index (χ2n) is 5.42. The molecule has 1 aromatic rings. The van der Waals surface area contributed by atoms with Crippen LogP contribution >= 0.6 is 0 Å². The number of carbonyl (C=O) groups excluding carboxylic acids is 1. The number of rotatable bonds is 7. The van der Waals surface area contributed by atoms with Crippen LogP contribution in [0.4, 0.5) is 0 Å². The number of hydrogen-bond donors (Lipinski definition) is 2. The minimum absolute atomic E-state index is 0.0947. The highest BCUT2D eigenvalue weighted by Crippen LogP contribution is 2.16. The molecule has 1 aromatic carbocycles. The lowest BCUT2D eigenvalue weighted by Crippen LogP contribution is -2.44. The number of para-hydroxylation sites is 1. The normalized spacial score (nSPS) is 18.6. The molecule has 0 radical (unpaired) electrons. The van der Waals surface area contributed by atoms with Crippen molar-refractivity contribution in [2.75, 3.05) is 32.8 Å². The van der Waals surface area contributed by atoms with Gasteiger partial charge in [-0.15, -0.1) is 0 Å². The second-order valence-corrected chi connectivity index (χ2v) is 5.42. The molecule has 1 fully saturated rings. The maximum absolute atomic E-state index is 11.8. The van der Waals surface area contributed by atoms with Gasteiger partial charge in [-0.2, -0.15) is 0 Å². The van der Waals surface area contributed by atoms with E-state index in [0.29, 0.717) is 26.1 Å². The minimum Gasteiger partial charge on any atom is -0.492 e. The number of nitrogens with zero attached hydrogens (tertiary/aromatic N) is 1. The van der Waals surface area contributed by atoms with E-state index >= 15 is 0 Å². The Morgan fingerprint density at radius 3 is 2.82 bits per heavy atom. The molecule has 1 amide bonds. The van der Waals surface area contributed by atoms with Crippen LogP contribution in [0.3, 0.4) is 0 Å². The number of piperidine rings is 1. The smallest absolute Gasteiger partial charge is 0.307 e. The molecule has 2 N–H and O–H groups in total. The average molecular weight is 306 g/mol. The quantitative estimate of drug-likeness (QED) is 0.734. The standard InChI is InChI=1S/C16H22N2O4/c19-15(12-18-9-4-5-13(11-18)16(20)21)17-8-10-22-14-6-2-1-3-7-14/h1-3,6-7,13H,4-5,8-12H2,(H,17,19)(H,20,21). The van der Waals surface area contributed by atoms with Gasteiger partial charge < -0.3 is 15.2 Å². The molecule has 0 aliphatic carbocycles. The van der Waals surface area contributed by atoms with Crippen molar-refractivity contribution < 1.29 is 19.4 Å². The highest BCUT2D eigenvalue weighted by atomic mass is 16.5. The first-order chi connectivity index (χ1) is 10.6. The van der Waals surface area contributed by atoms with Crippen LogP contribution in [0, 0.1) is 5.92 Å². The lowest BCUT2D eigenvalue weighted by molar-refractivity contribution is -0.144. The fraction of sp³-hybridized carbons (Fsp3) is 0.500. The van der Waals surface area contributed by atoms with Crippen LogP contribution in [-0.2, 0) is 9.59 Å². The van der Waals surface area contributed by atoms with Crippen LogP contribution in [0.2, 0.25) is 0 Å². The van der Waals surface area contributed by atoms with Crippen LogP contribution in [0.5, 0.6) is 5.75 Å². The van der Waals surface area contributed by atoms with E-state index in [9.17, 15) is 9.59 Å². The van der Waals surface area contributed by atoms with Gasteiger partial charge >= 0.3 is 5.97 Å². The molecule has 1 aliphatic heterocycles. The number of carbonyl (C=O) groups is 2. The lowest BCUT2D eigenvalue weighted by Gasteiger charge is -2.29. The Bertz CT molecular complexity index is 492. The molecule has 1 atom stereocenters. The van der Waals surface area contributed by atoms with Crippen molar-refractivity contribution in [1.82, 2.24) is 10.2 Å². The summed E-state index contributed by atoms with van der Waals surface area (Å²) in [7, 11) is 0. The zero-order chi connectivity index (χ0) is 15.8. The SMILES string of the molecule is O=C(CN1CCCC(C(=O)O)C1)NCCOc1ccccc1. The van der Waals surface area contributed by atoms with Gasteiger partial charge in [0, 0.05) is 6.54 Å². The van der Waals surface area contributed by atoms with Crippen molar-refractivity contribution in [1.29, 1.82) is 0 Å². The van der Waals surface area contributed by atoms with Crippen LogP contribution < -0.4 is 10.1 Å². The van der Waals surface area contributed by atoms with Gasteiger partial charge in [0.05, 0.1) is 19.0 Å². The highest BCUT2D eigenvalue weighted by molar-refractivity contribution is 5.78. The molecular formula is C16H22N2O4. The maximum Gasteiger partial charge on any atom is 0.307 e. The molecule has 1 aliphatic rings. The van der Waals surface area contributed by atoms with E-state index < -0.39 is 5.97 Å². The molecule has 6 heteroatoms. The van der Waals surface area contributed by atoms with Gasteiger partial charge in [-0.05, 0) is 31.5 Å². The molecule has 0 saturated carbocycles. The molecule has 0 bridgehead atoms. The Kier molecular flexibility index (Phi) is 6.21. The largest absolute Gasteiger partial charge is 0.492 e. The highest BCUT2D eigenvalue weighted by Gasteiger charge is 2.26. The van der Waals surface area contributed by atoms with E-state index in [1.54, 1.807) is 0 Å². The topological polar surface area (TPSA) is 78.9 Å². The van der Waals surface area contributed by atoms with E-state index in [4.69, 9.17) is 9.84 Å². The first-order valence-corrected chi connectivity index (χ1v) is 7.55. The summed E-state index contributed by atoms with van der Waals surface area (Å²) in [6.07, 6.45) is 1.51. The van der Waals surface area contributed by atoms with Crippen molar-refractivity contribution in [2.45, 2.75) is 12.8 Å². The Morgan fingerprint density at radius 1 is 1.32 bits per heavy atom. The van der Waals surface area contributed by atoms with Crippen molar-refractivity contribution >= 4 is 11.9 Å². The summed E-state index contributed by atoms with van der Waals surface area (Å²) in [5, 5.41) is 11.8. The van der Waals surface area contributed by atoms with Gasteiger partial charge in [-0.3, -0.25) is 14.5 Å². The average Bonchev–Trinajstić information content (AvgIpc) is 2.53. The number of benzene rings is 1. The molecule has 6 nitrogen and oxygen atoms in total. The van der Waals surface area contributed by atoms with E-state index in [1.807, 2.05) is 35.2 Å². The Hall–Kier alpha value is -2.08. The predicted octanol–water partition coefficient (Wildman–Crippen LogP) is 0.978. The van der Waals surface area contributed by atoms with Gasteiger partial charge in [0.15, 0.2) is 0 Å². The molecule has 1 saturated heterocycles. The number of aliphatic carboxylic acids is 1. The molecule has 2 rings (SSSR count). The molecule has 1 heterocycles. The molecule has 22 heavy (non-hydrogen) atoms. The minimum atomic E-state index is -0.777. The number of likely N-dealkylation sites (tertiary alicyclic amines) is 1. The monoisotopic (exact) mass is 306 g/mol. The summed E-state index contributed by atoms with van der Waals surface area (Å²) >= 11 is 0. The van der Waals surface area contributed by atoms with E-state index in [2.05, 4.69) is 5.32 Å². The van der Waals surface area contributed by atoms with Gasteiger partial charge in [-0.25, -0.2) is 0 Å². The van der Waals surface area contributed by atoms with Crippen LogP contribution in [0.15, 0.2) is 30.3 Å². The Balaban J connectivity index is 1.62. The number of ether oxygens (including phenoxy) is 1. The molecule has 0 spiro atoms. The maximum atomic E-state index is 11.8. The van der Waals surface area contributed by atoms with E-state index in [1.165, 1.54) is 0 Å². The summed E-state index contributed by atoms with van der Waals surface area (Å²) in [5.41, 5.74) is 0. The lowest BCUT2D eigenvalue weighted by atomic mass is 9.98. The molecule has 1 unspecified atom stereocenters. The Morgan fingerprint density at radius 2 is 2.09 bits per heavy atom. The predicted molar refractivity (Wildman–Crippen MR) is 81.7 cm³/mol. The third kappa shape index (κ3) is 5.37. The van der Waals surface area contributed by atoms with Crippen LogP contribution in [0.1, 0.15) is 12.8 Å².